The van der Waals surface area contributed by atoms with Crippen LogP contribution in [0.5, 0.6) is 5.75 Å². The van der Waals surface area contributed by atoms with Crippen LogP contribution in [0.1, 0.15) is 12.5 Å². The lowest BCUT2D eigenvalue weighted by atomic mass is 10.2. The van der Waals surface area contributed by atoms with E-state index in [2.05, 4.69) is 22.9 Å². The first-order valence-corrected chi connectivity index (χ1v) is 5.74. The Morgan fingerprint density at radius 1 is 1.50 bits per heavy atom. The fourth-order valence-electron chi connectivity index (χ4n) is 0.860. The number of phenols is 1. The molecule has 0 saturated heterocycles. The zero-order valence-electron chi connectivity index (χ0n) is 6.88. The van der Waals surface area contributed by atoms with Crippen LogP contribution in [0.3, 0.4) is 0 Å². The maximum absolute atomic E-state index is 9.22. The summed E-state index contributed by atoms with van der Waals surface area (Å²) in [6, 6.07) is 5.62. The van der Waals surface area contributed by atoms with E-state index in [0.717, 1.165) is 16.0 Å². The van der Waals surface area contributed by atoms with Crippen molar-refractivity contribution < 1.29 is 5.11 Å². The Hall–Kier alpha value is -0.150. The van der Waals surface area contributed by atoms with Crippen molar-refractivity contribution in [3.8, 4) is 5.75 Å². The predicted molar refractivity (Wildman–Crippen MR) is 57.6 cm³/mol. The number of hydrogen-bond donors (Lipinski definition) is 1. The molecule has 0 spiro atoms. The first-order valence-electron chi connectivity index (χ1n) is 3.79. The number of thioether (sulfide) groups is 1. The molecule has 1 aromatic carbocycles. The van der Waals surface area contributed by atoms with E-state index in [1.807, 2.05) is 23.9 Å². The van der Waals surface area contributed by atoms with Crippen LogP contribution < -0.4 is 0 Å². The van der Waals surface area contributed by atoms with Gasteiger partial charge in [-0.1, -0.05) is 13.0 Å². The molecule has 12 heavy (non-hydrogen) atoms. The third-order valence-electron chi connectivity index (χ3n) is 1.48. The van der Waals surface area contributed by atoms with Gasteiger partial charge in [-0.05, 0) is 39.4 Å². The van der Waals surface area contributed by atoms with E-state index in [4.69, 9.17) is 0 Å². The number of aromatic hydroxyl groups is 1. The minimum absolute atomic E-state index is 0.306. The number of benzene rings is 1. The fourth-order valence-corrected chi connectivity index (χ4v) is 1.91. The maximum Gasteiger partial charge on any atom is 0.129 e. The minimum Gasteiger partial charge on any atom is -0.507 e. The average molecular weight is 247 g/mol. The van der Waals surface area contributed by atoms with Crippen molar-refractivity contribution in [2.45, 2.75) is 12.7 Å². The molecule has 1 rings (SSSR count). The molecule has 0 amide bonds. The molecule has 3 heteroatoms. The Balaban J connectivity index is 2.69. The van der Waals surface area contributed by atoms with E-state index in [1.165, 1.54) is 5.56 Å². The highest BCUT2D eigenvalue weighted by molar-refractivity contribution is 9.10. The van der Waals surface area contributed by atoms with E-state index < -0.39 is 0 Å². The highest BCUT2D eigenvalue weighted by atomic mass is 79.9. The molecule has 0 fully saturated rings. The van der Waals surface area contributed by atoms with Crippen molar-refractivity contribution in [2.75, 3.05) is 5.75 Å². The Morgan fingerprint density at radius 2 is 2.25 bits per heavy atom. The maximum atomic E-state index is 9.22. The molecule has 1 N–H and O–H groups in total. The topological polar surface area (TPSA) is 20.2 Å². The van der Waals surface area contributed by atoms with E-state index >= 15 is 0 Å². The number of rotatable bonds is 3. The summed E-state index contributed by atoms with van der Waals surface area (Å²) in [5, 5.41) is 9.22. The molecule has 0 radical (unpaired) electrons. The van der Waals surface area contributed by atoms with Crippen LogP contribution in [0, 0.1) is 0 Å². The second kappa shape index (κ2) is 4.77. The van der Waals surface area contributed by atoms with Crippen LogP contribution >= 0.6 is 27.7 Å². The largest absolute Gasteiger partial charge is 0.507 e. The van der Waals surface area contributed by atoms with Gasteiger partial charge in [0.1, 0.15) is 5.75 Å². The lowest BCUT2D eigenvalue weighted by molar-refractivity contribution is 0.472. The zero-order valence-corrected chi connectivity index (χ0v) is 9.28. The molecule has 0 heterocycles. The van der Waals surface area contributed by atoms with Crippen LogP contribution in [0.25, 0.3) is 0 Å². The molecule has 0 aromatic heterocycles. The SMILES string of the molecule is CCSCc1ccc(O)c(Br)c1. The molecular weight excluding hydrogens is 236 g/mol. The average Bonchev–Trinajstić information content (AvgIpc) is 2.07. The van der Waals surface area contributed by atoms with E-state index in [1.54, 1.807) is 6.07 Å². The molecule has 0 unspecified atom stereocenters. The van der Waals surface area contributed by atoms with Gasteiger partial charge in [-0.3, -0.25) is 0 Å². The summed E-state index contributed by atoms with van der Waals surface area (Å²) in [5.74, 6) is 2.44. The summed E-state index contributed by atoms with van der Waals surface area (Å²) in [5.41, 5.74) is 1.24. The van der Waals surface area contributed by atoms with E-state index in [-0.39, 0.29) is 0 Å². The zero-order chi connectivity index (χ0) is 8.97. The van der Waals surface area contributed by atoms with Crippen molar-refractivity contribution in [2.24, 2.45) is 0 Å². The third-order valence-corrected chi connectivity index (χ3v) is 3.07. The smallest absolute Gasteiger partial charge is 0.129 e. The van der Waals surface area contributed by atoms with Gasteiger partial charge in [0.25, 0.3) is 0 Å². The predicted octanol–water partition coefficient (Wildman–Crippen LogP) is 3.41. The van der Waals surface area contributed by atoms with Crippen molar-refractivity contribution in [3.63, 3.8) is 0 Å². The van der Waals surface area contributed by atoms with Crippen LogP contribution in [-0.4, -0.2) is 10.9 Å². The van der Waals surface area contributed by atoms with Crippen molar-refractivity contribution in [1.29, 1.82) is 0 Å². The van der Waals surface area contributed by atoms with Gasteiger partial charge in [0.05, 0.1) is 4.47 Å². The lowest BCUT2D eigenvalue weighted by Gasteiger charge is -2.01. The van der Waals surface area contributed by atoms with Crippen molar-refractivity contribution in [1.82, 2.24) is 0 Å². The number of phenolic OH excluding ortho intramolecular Hbond substituents is 1. The summed E-state index contributed by atoms with van der Waals surface area (Å²) in [6.07, 6.45) is 0. The van der Waals surface area contributed by atoms with Gasteiger partial charge in [-0.15, -0.1) is 0 Å². The van der Waals surface area contributed by atoms with Gasteiger partial charge in [0, 0.05) is 5.75 Å². The molecule has 0 aliphatic heterocycles. The minimum atomic E-state index is 0.306. The van der Waals surface area contributed by atoms with Gasteiger partial charge in [0.15, 0.2) is 0 Å². The lowest BCUT2D eigenvalue weighted by Crippen LogP contribution is -1.80. The monoisotopic (exact) mass is 246 g/mol. The molecule has 0 saturated carbocycles. The van der Waals surface area contributed by atoms with Gasteiger partial charge < -0.3 is 5.11 Å². The Bertz CT molecular complexity index is 263. The van der Waals surface area contributed by atoms with Gasteiger partial charge in [0.2, 0.25) is 0 Å². The van der Waals surface area contributed by atoms with Gasteiger partial charge in [-0.25, -0.2) is 0 Å². The van der Waals surface area contributed by atoms with Crippen LogP contribution in [0.2, 0.25) is 0 Å². The highest BCUT2D eigenvalue weighted by Crippen LogP contribution is 2.25. The number of halogens is 1. The summed E-state index contributed by atoms with van der Waals surface area (Å²) in [6.45, 7) is 2.14. The van der Waals surface area contributed by atoms with E-state index in [9.17, 15) is 5.11 Å². The van der Waals surface area contributed by atoms with Crippen LogP contribution in [0.4, 0.5) is 0 Å². The fraction of sp³-hybridized carbons (Fsp3) is 0.333. The molecule has 0 bridgehead atoms. The molecule has 0 atom stereocenters. The summed E-state index contributed by atoms with van der Waals surface area (Å²) in [7, 11) is 0. The molecule has 0 aliphatic carbocycles. The summed E-state index contributed by atoms with van der Waals surface area (Å²) in [4.78, 5) is 0. The van der Waals surface area contributed by atoms with Crippen molar-refractivity contribution >= 4 is 27.7 Å². The highest BCUT2D eigenvalue weighted by Gasteiger charge is 1.98. The van der Waals surface area contributed by atoms with Gasteiger partial charge in [-0.2, -0.15) is 11.8 Å². The van der Waals surface area contributed by atoms with Crippen LogP contribution in [0.15, 0.2) is 22.7 Å². The molecular formula is C9H11BrOS. The Kier molecular flexibility index (Phi) is 3.95. The second-order valence-electron chi connectivity index (χ2n) is 2.42. The second-order valence-corrected chi connectivity index (χ2v) is 4.55. The van der Waals surface area contributed by atoms with Crippen molar-refractivity contribution in [3.05, 3.63) is 28.2 Å². The quantitative estimate of drug-likeness (QED) is 0.883. The first-order chi connectivity index (χ1) is 5.74. The molecule has 0 aliphatic rings. The van der Waals surface area contributed by atoms with Crippen LogP contribution in [-0.2, 0) is 5.75 Å². The summed E-state index contributed by atoms with van der Waals surface area (Å²) >= 11 is 5.15. The third kappa shape index (κ3) is 2.72. The Morgan fingerprint density at radius 3 is 2.83 bits per heavy atom. The number of hydrogen-bond acceptors (Lipinski definition) is 2. The normalized spacial score (nSPS) is 10.2. The first kappa shape index (κ1) is 9.93. The molecule has 1 nitrogen and oxygen atoms in total. The standard InChI is InChI=1S/C9H11BrOS/c1-2-12-6-7-3-4-9(11)8(10)5-7/h3-5,11H,2,6H2,1H3. The van der Waals surface area contributed by atoms with E-state index in [0.29, 0.717) is 5.75 Å². The van der Waals surface area contributed by atoms with Gasteiger partial charge >= 0.3 is 0 Å². The summed E-state index contributed by atoms with van der Waals surface area (Å²) < 4.78 is 0.775. The molecule has 1 aromatic rings. The Labute approximate surface area is 85.3 Å². The molecule has 66 valence electrons.